The van der Waals surface area contributed by atoms with Gasteiger partial charge >= 0.3 is 0 Å². The van der Waals surface area contributed by atoms with E-state index in [0.29, 0.717) is 39.0 Å². The molecular weight excluding hydrogens is 446 g/mol. The van der Waals surface area contributed by atoms with E-state index in [0.717, 1.165) is 11.1 Å². The van der Waals surface area contributed by atoms with Gasteiger partial charge in [0, 0.05) is 32.7 Å². The highest BCUT2D eigenvalue weighted by Crippen LogP contribution is 2.20. The van der Waals surface area contributed by atoms with E-state index in [2.05, 4.69) is 4.90 Å². The molecule has 0 aliphatic carbocycles. The summed E-state index contributed by atoms with van der Waals surface area (Å²) in [6, 6.07) is 13.7. The van der Waals surface area contributed by atoms with Crippen molar-refractivity contribution in [3.05, 3.63) is 59.7 Å². The fourth-order valence-corrected chi connectivity index (χ4v) is 6.74. The first-order chi connectivity index (χ1) is 15.1. The minimum absolute atomic E-state index is 0.268. The van der Waals surface area contributed by atoms with Crippen LogP contribution in [-0.4, -0.2) is 76.7 Å². The predicted octanol–water partition coefficient (Wildman–Crippen LogP) is 2.71. The standard InChI is InChI=1S/C23H33N3O4S2/c1-20-6-10-22(11-7-20)31(27,28)25-15-4-14-24(3)18-19-26(17-5-16-25)32(29,30)23-12-8-21(2)9-13-23/h6-13H,4-5,14-19H2,1-3H3. The number of benzene rings is 2. The lowest BCUT2D eigenvalue weighted by molar-refractivity contribution is 0.292. The van der Waals surface area contributed by atoms with Gasteiger partial charge in [0.15, 0.2) is 0 Å². The molecule has 0 aromatic heterocycles. The highest BCUT2D eigenvalue weighted by molar-refractivity contribution is 7.89. The third-order valence-corrected chi connectivity index (χ3v) is 9.64. The van der Waals surface area contributed by atoms with Crippen molar-refractivity contribution in [2.24, 2.45) is 0 Å². The zero-order valence-corrected chi connectivity index (χ0v) is 20.7. The van der Waals surface area contributed by atoms with Crippen molar-refractivity contribution in [2.75, 3.05) is 46.3 Å². The third kappa shape index (κ3) is 5.96. The number of hydrogen-bond acceptors (Lipinski definition) is 5. The summed E-state index contributed by atoms with van der Waals surface area (Å²) in [7, 11) is -5.35. The van der Waals surface area contributed by atoms with Crippen LogP contribution in [0.15, 0.2) is 58.3 Å². The van der Waals surface area contributed by atoms with E-state index in [1.54, 1.807) is 48.5 Å². The van der Waals surface area contributed by atoms with Crippen molar-refractivity contribution in [1.29, 1.82) is 0 Å². The van der Waals surface area contributed by atoms with Gasteiger partial charge in [0.1, 0.15) is 0 Å². The molecule has 7 nitrogen and oxygen atoms in total. The zero-order chi connectivity index (χ0) is 23.4. The van der Waals surface area contributed by atoms with Crippen LogP contribution in [0.1, 0.15) is 24.0 Å². The lowest BCUT2D eigenvalue weighted by Crippen LogP contribution is -2.39. The number of aryl methyl sites for hydroxylation is 2. The number of hydrogen-bond donors (Lipinski definition) is 0. The average molecular weight is 480 g/mol. The molecule has 0 spiro atoms. The summed E-state index contributed by atoms with van der Waals surface area (Å²) in [5.41, 5.74) is 2.00. The summed E-state index contributed by atoms with van der Waals surface area (Å²) in [6.07, 6.45) is 1.12. The Labute approximate surface area is 192 Å². The minimum atomic E-state index is -3.65. The molecule has 0 bridgehead atoms. The van der Waals surface area contributed by atoms with Crippen molar-refractivity contribution in [3.8, 4) is 0 Å². The first kappa shape index (κ1) is 24.9. The summed E-state index contributed by atoms with van der Waals surface area (Å²) >= 11 is 0. The lowest BCUT2D eigenvalue weighted by Gasteiger charge is -2.25. The molecule has 3 rings (SSSR count). The third-order valence-electron chi connectivity index (χ3n) is 5.81. The number of nitrogens with zero attached hydrogens (tertiary/aromatic N) is 3. The van der Waals surface area contributed by atoms with Gasteiger partial charge in [-0.3, -0.25) is 0 Å². The van der Waals surface area contributed by atoms with E-state index in [-0.39, 0.29) is 22.9 Å². The van der Waals surface area contributed by atoms with E-state index < -0.39 is 20.0 Å². The van der Waals surface area contributed by atoms with Gasteiger partial charge in [-0.05, 0) is 64.5 Å². The van der Waals surface area contributed by atoms with E-state index >= 15 is 0 Å². The Morgan fingerprint density at radius 1 is 0.562 bits per heavy atom. The van der Waals surface area contributed by atoms with Crippen LogP contribution in [0.3, 0.4) is 0 Å². The molecule has 0 N–H and O–H groups in total. The summed E-state index contributed by atoms with van der Waals surface area (Å²) in [4.78, 5) is 2.60. The van der Waals surface area contributed by atoms with E-state index in [9.17, 15) is 16.8 Å². The van der Waals surface area contributed by atoms with Crippen molar-refractivity contribution >= 4 is 20.0 Å². The molecule has 0 atom stereocenters. The molecule has 0 saturated carbocycles. The van der Waals surface area contributed by atoms with Crippen LogP contribution in [-0.2, 0) is 20.0 Å². The molecule has 1 heterocycles. The molecule has 32 heavy (non-hydrogen) atoms. The Hall–Kier alpha value is -1.78. The van der Waals surface area contributed by atoms with Crippen LogP contribution >= 0.6 is 0 Å². The van der Waals surface area contributed by atoms with Crippen LogP contribution in [0.2, 0.25) is 0 Å². The quantitative estimate of drug-likeness (QED) is 0.674. The largest absolute Gasteiger partial charge is 0.305 e. The molecule has 9 heteroatoms. The average Bonchev–Trinajstić information content (AvgIpc) is 2.79. The van der Waals surface area contributed by atoms with Gasteiger partial charge < -0.3 is 4.90 Å². The Kier molecular flexibility index (Phi) is 8.11. The number of likely N-dealkylation sites (N-methyl/N-ethyl adjacent to an activating group) is 1. The Bertz CT molecular complexity index is 1100. The van der Waals surface area contributed by atoms with Crippen LogP contribution < -0.4 is 0 Å². The van der Waals surface area contributed by atoms with Crippen LogP contribution in [0.5, 0.6) is 0 Å². The van der Waals surface area contributed by atoms with Gasteiger partial charge in [-0.2, -0.15) is 8.61 Å². The molecule has 176 valence electrons. The maximum atomic E-state index is 13.3. The monoisotopic (exact) mass is 479 g/mol. The molecule has 1 fully saturated rings. The van der Waals surface area contributed by atoms with Gasteiger partial charge in [-0.15, -0.1) is 0 Å². The molecule has 1 aliphatic rings. The van der Waals surface area contributed by atoms with Gasteiger partial charge in [-0.1, -0.05) is 35.4 Å². The molecule has 0 radical (unpaired) electrons. The summed E-state index contributed by atoms with van der Waals surface area (Å²) < 4.78 is 56.0. The maximum Gasteiger partial charge on any atom is 0.243 e. The first-order valence-electron chi connectivity index (χ1n) is 10.9. The van der Waals surface area contributed by atoms with Crippen LogP contribution in [0.4, 0.5) is 0 Å². The van der Waals surface area contributed by atoms with E-state index in [1.807, 2.05) is 20.9 Å². The van der Waals surface area contributed by atoms with Gasteiger partial charge in [0.2, 0.25) is 20.0 Å². The Balaban J connectivity index is 1.82. The Morgan fingerprint density at radius 2 is 0.938 bits per heavy atom. The van der Waals surface area contributed by atoms with Crippen molar-refractivity contribution in [2.45, 2.75) is 36.5 Å². The topological polar surface area (TPSA) is 78.0 Å². The first-order valence-corrected chi connectivity index (χ1v) is 13.8. The summed E-state index contributed by atoms with van der Waals surface area (Å²) in [5, 5.41) is 0. The molecule has 0 amide bonds. The molecule has 2 aromatic rings. The van der Waals surface area contributed by atoms with Gasteiger partial charge in [0.05, 0.1) is 9.79 Å². The fraction of sp³-hybridized carbons (Fsp3) is 0.478. The van der Waals surface area contributed by atoms with Crippen molar-refractivity contribution < 1.29 is 16.8 Å². The van der Waals surface area contributed by atoms with E-state index in [4.69, 9.17) is 0 Å². The van der Waals surface area contributed by atoms with Gasteiger partial charge in [-0.25, -0.2) is 16.8 Å². The fourth-order valence-electron chi connectivity index (χ4n) is 3.76. The number of rotatable bonds is 4. The van der Waals surface area contributed by atoms with Gasteiger partial charge in [0.25, 0.3) is 0 Å². The normalized spacial score (nSPS) is 18.8. The summed E-state index contributed by atoms with van der Waals surface area (Å²) in [5.74, 6) is 0. The second kappa shape index (κ2) is 10.4. The SMILES string of the molecule is Cc1ccc(S(=O)(=O)N2CCCN(C)CCN(S(=O)(=O)c3ccc(C)cc3)CCC2)cc1. The minimum Gasteiger partial charge on any atom is -0.305 e. The summed E-state index contributed by atoms with van der Waals surface area (Å²) in [6.45, 7) is 6.45. The smallest absolute Gasteiger partial charge is 0.243 e. The maximum absolute atomic E-state index is 13.3. The zero-order valence-electron chi connectivity index (χ0n) is 19.1. The lowest BCUT2D eigenvalue weighted by atomic mass is 10.2. The van der Waals surface area contributed by atoms with E-state index in [1.165, 1.54) is 8.61 Å². The van der Waals surface area contributed by atoms with Crippen LogP contribution in [0, 0.1) is 13.8 Å². The Morgan fingerprint density at radius 3 is 1.38 bits per heavy atom. The van der Waals surface area contributed by atoms with Crippen molar-refractivity contribution in [3.63, 3.8) is 0 Å². The molecular formula is C23H33N3O4S2. The second-order valence-corrected chi connectivity index (χ2v) is 12.3. The predicted molar refractivity (Wildman–Crippen MR) is 127 cm³/mol. The highest BCUT2D eigenvalue weighted by atomic mass is 32.2. The molecule has 1 saturated heterocycles. The highest BCUT2D eigenvalue weighted by Gasteiger charge is 2.28. The van der Waals surface area contributed by atoms with Crippen molar-refractivity contribution in [1.82, 2.24) is 13.5 Å². The molecule has 0 unspecified atom stereocenters. The second-order valence-electron chi connectivity index (χ2n) is 8.44. The molecule has 1 aliphatic heterocycles. The molecule has 2 aromatic carbocycles. The number of sulfonamides is 2. The van der Waals surface area contributed by atoms with Crippen LogP contribution in [0.25, 0.3) is 0 Å².